The first-order valence-corrected chi connectivity index (χ1v) is 16.7. The first-order chi connectivity index (χ1) is 23.0. The molecular weight excluding hydrogens is 569 g/mol. The smallest absolute Gasteiger partial charge is 0.149 e. The molecule has 2 radical (unpaired) electrons. The standard InChI is InChI=1S/C45H42N2/c1-32-19-11-15-27-38(32)44(39-28-16-12-20-33(39)2)46-31-47(43(37-25-9-6-10-26-37)42(46)36-23-7-5-8-24-36)45(40-29-17-13-21-34(40)3)41-30-18-14-22-35(41)4/h5-30,42-45H,1-4H3/t42-,43-/m1/s1. The summed E-state index contributed by atoms with van der Waals surface area (Å²) in [7, 11) is 0. The summed E-state index contributed by atoms with van der Waals surface area (Å²) < 4.78 is 0. The predicted molar refractivity (Wildman–Crippen MR) is 194 cm³/mol. The second-order valence-corrected chi connectivity index (χ2v) is 12.9. The van der Waals surface area contributed by atoms with Crippen molar-refractivity contribution in [1.82, 2.24) is 9.80 Å². The molecule has 6 aromatic rings. The van der Waals surface area contributed by atoms with E-state index in [1.807, 2.05) is 0 Å². The summed E-state index contributed by atoms with van der Waals surface area (Å²) in [4.78, 5) is 5.09. The normalized spacial score (nSPS) is 17.1. The molecule has 1 aliphatic rings. The molecule has 0 amide bonds. The van der Waals surface area contributed by atoms with Gasteiger partial charge in [-0.25, -0.2) is 0 Å². The lowest BCUT2D eigenvalue weighted by Gasteiger charge is -2.36. The van der Waals surface area contributed by atoms with Gasteiger partial charge < -0.3 is 0 Å². The van der Waals surface area contributed by atoms with E-state index in [0.717, 1.165) is 0 Å². The van der Waals surface area contributed by atoms with Crippen LogP contribution >= 0.6 is 0 Å². The first kappa shape index (κ1) is 30.9. The average molecular weight is 611 g/mol. The highest BCUT2D eigenvalue weighted by Crippen LogP contribution is 2.55. The summed E-state index contributed by atoms with van der Waals surface area (Å²) in [5.41, 5.74) is 12.8. The zero-order valence-electron chi connectivity index (χ0n) is 27.7. The molecule has 2 nitrogen and oxygen atoms in total. The van der Waals surface area contributed by atoms with Crippen LogP contribution in [0.4, 0.5) is 0 Å². The van der Waals surface area contributed by atoms with Crippen LogP contribution in [0.3, 0.4) is 0 Å². The highest BCUT2D eigenvalue weighted by Gasteiger charge is 2.50. The minimum atomic E-state index is -0.0480. The van der Waals surface area contributed by atoms with Crippen molar-refractivity contribution < 1.29 is 0 Å². The van der Waals surface area contributed by atoms with E-state index in [-0.39, 0.29) is 24.2 Å². The van der Waals surface area contributed by atoms with Crippen LogP contribution in [0.1, 0.15) is 79.8 Å². The van der Waals surface area contributed by atoms with E-state index in [0.29, 0.717) is 0 Å². The lowest BCUT2D eigenvalue weighted by molar-refractivity contribution is 0.229. The van der Waals surface area contributed by atoms with Crippen LogP contribution in [-0.2, 0) is 0 Å². The Bertz CT molecular complexity index is 1710. The van der Waals surface area contributed by atoms with Gasteiger partial charge in [0.1, 0.15) is 6.67 Å². The second kappa shape index (κ2) is 13.5. The maximum atomic E-state index is 4.16. The van der Waals surface area contributed by atoms with Crippen LogP contribution < -0.4 is 0 Å². The predicted octanol–water partition coefficient (Wildman–Crippen LogP) is 10.9. The molecule has 2 heteroatoms. The number of rotatable bonds is 8. The molecule has 1 saturated heterocycles. The van der Waals surface area contributed by atoms with Crippen molar-refractivity contribution in [3.8, 4) is 0 Å². The van der Waals surface area contributed by atoms with Gasteiger partial charge in [-0.1, -0.05) is 158 Å². The number of aryl methyl sites for hydroxylation is 4. The maximum absolute atomic E-state index is 4.16. The SMILES string of the molecule is Cc1ccccc1C(c1ccccc1C)N1[C]N(C(c2ccccc2C)c2ccccc2C)[C@H](c2ccccc2)[C@H]1c1ccccc1. The molecule has 1 fully saturated rings. The monoisotopic (exact) mass is 610 g/mol. The summed E-state index contributed by atoms with van der Waals surface area (Å²) in [5, 5.41) is 0. The van der Waals surface area contributed by atoms with Gasteiger partial charge in [0, 0.05) is 0 Å². The molecule has 2 atom stereocenters. The summed E-state index contributed by atoms with van der Waals surface area (Å²) in [5.74, 6) is 0. The first-order valence-electron chi connectivity index (χ1n) is 16.7. The molecule has 1 aliphatic heterocycles. The van der Waals surface area contributed by atoms with Crippen molar-refractivity contribution in [3.05, 3.63) is 220 Å². The molecule has 0 saturated carbocycles. The number of hydrogen-bond donors (Lipinski definition) is 0. The van der Waals surface area contributed by atoms with Gasteiger partial charge in [-0.3, -0.25) is 9.80 Å². The fourth-order valence-corrected chi connectivity index (χ4v) is 7.49. The summed E-state index contributed by atoms with van der Waals surface area (Å²) in [6.07, 6.45) is 0. The van der Waals surface area contributed by atoms with Gasteiger partial charge in [-0.15, -0.1) is 0 Å². The third-order valence-electron chi connectivity index (χ3n) is 9.90. The molecular formula is C45H42N2. The van der Waals surface area contributed by atoms with Gasteiger partial charge in [0.15, 0.2) is 0 Å². The summed E-state index contributed by atoms with van der Waals surface area (Å²) in [6.45, 7) is 13.1. The summed E-state index contributed by atoms with van der Waals surface area (Å²) in [6, 6.07) is 57.4. The Hall–Kier alpha value is -4.76. The van der Waals surface area contributed by atoms with Gasteiger partial charge >= 0.3 is 0 Å². The number of hydrogen-bond acceptors (Lipinski definition) is 2. The van der Waals surface area contributed by atoms with Crippen LogP contribution in [0.2, 0.25) is 0 Å². The Morgan fingerprint density at radius 1 is 0.362 bits per heavy atom. The van der Waals surface area contributed by atoms with Crippen molar-refractivity contribution in [2.45, 2.75) is 51.9 Å². The number of benzene rings is 6. The van der Waals surface area contributed by atoms with E-state index in [1.165, 1.54) is 55.6 Å². The van der Waals surface area contributed by atoms with E-state index < -0.39 is 0 Å². The third kappa shape index (κ3) is 5.96. The molecule has 7 rings (SSSR count). The highest BCUT2D eigenvalue weighted by atomic mass is 15.4. The molecule has 0 aliphatic carbocycles. The van der Waals surface area contributed by atoms with Crippen molar-refractivity contribution in [3.63, 3.8) is 0 Å². The maximum Gasteiger partial charge on any atom is 0.149 e. The van der Waals surface area contributed by atoms with E-state index in [2.05, 4.69) is 202 Å². The number of nitrogens with zero attached hydrogens (tertiary/aromatic N) is 2. The van der Waals surface area contributed by atoms with E-state index in [9.17, 15) is 0 Å². The zero-order valence-corrected chi connectivity index (χ0v) is 27.7. The van der Waals surface area contributed by atoms with Gasteiger partial charge in [-0.2, -0.15) is 0 Å². The van der Waals surface area contributed by atoms with Crippen molar-refractivity contribution in [2.24, 2.45) is 0 Å². The van der Waals surface area contributed by atoms with Gasteiger partial charge in [0.05, 0.1) is 24.2 Å². The van der Waals surface area contributed by atoms with Crippen molar-refractivity contribution >= 4 is 0 Å². The Kier molecular flexibility index (Phi) is 8.89. The van der Waals surface area contributed by atoms with E-state index in [1.54, 1.807) is 0 Å². The third-order valence-corrected chi connectivity index (χ3v) is 9.90. The lowest BCUT2D eigenvalue weighted by atomic mass is 9.86. The lowest BCUT2D eigenvalue weighted by Crippen LogP contribution is -2.30. The molecule has 0 unspecified atom stereocenters. The topological polar surface area (TPSA) is 6.48 Å². The Labute approximate surface area is 281 Å². The average Bonchev–Trinajstić information content (AvgIpc) is 3.49. The van der Waals surface area contributed by atoms with Gasteiger partial charge in [0.25, 0.3) is 0 Å². The van der Waals surface area contributed by atoms with Crippen molar-refractivity contribution in [2.75, 3.05) is 0 Å². The van der Waals surface area contributed by atoms with Crippen LogP contribution in [0.5, 0.6) is 0 Å². The zero-order chi connectivity index (χ0) is 32.3. The fourth-order valence-electron chi connectivity index (χ4n) is 7.49. The Morgan fingerprint density at radius 2 is 0.617 bits per heavy atom. The minimum absolute atomic E-state index is 0.0154. The second-order valence-electron chi connectivity index (χ2n) is 12.9. The molecule has 47 heavy (non-hydrogen) atoms. The van der Waals surface area contributed by atoms with Crippen LogP contribution in [0.15, 0.2) is 158 Å². The Balaban J connectivity index is 1.53. The molecule has 0 spiro atoms. The van der Waals surface area contributed by atoms with Crippen molar-refractivity contribution in [1.29, 1.82) is 0 Å². The molecule has 6 aromatic carbocycles. The molecule has 232 valence electrons. The Morgan fingerprint density at radius 3 is 0.894 bits per heavy atom. The molecule has 1 heterocycles. The molecule has 0 N–H and O–H groups in total. The quantitative estimate of drug-likeness (QED) is 0.169. The van der Waals surface area contributed by atoms with E-state index >= 15 is 0 Å². The minimum Gasteiger partial charge on any atom is -0.259 e. The van der Waals surface area contributed by atoms with Crippen LogP contribution in [0.25, 0.3) is 0 Å². The van der Waals surface area contributed by atoms with E-state index in [4.69, 9.17) is 0 Å². The largest absolute Gasteiger partial charge is 0.259 e. The highest BCUT2D eigenvalue weighted by molar-refractivity contribution is 5.46. The fraction of sp³-hybridized carbons (Fsp3) is 0.178. The molecule has 0 aromatic heterocycles. The summed E-state index contributed by atoms with van der Waals surface area (Å²) >= 11 is 0. The van der Waals surface area contributed by atoms with Crippen LogP contribution in [-0.4, -0.2) is 9.80 Å². The molecule has 0 bridgehead atoms. The van der Waals surface area contributed by atoms with Gasteiger partial charge in [-0.05, 0) is 83.3 Å². The van der Waals surface area contributed by atoms with Gasteiger partial charge in [0.2, 0.25) is 0 Å². The van der Waals surface area contributed by atoms with Crippen LogP contribution in [0, 0.1) is 34.4 Å².